The van der Waals surface area contributed by atoms with E-state index in [4.69, 9.17) is 0 Å². The summed E-state index contributed by atoms with van der Waals surface area (Å²) in [4.78, 5) is 4.40. The van der Waals surface area contributed by atoms with E-state index in [1.165, 1.54) is 0 Å². The third-order valence-corrected chi connectivity index (χ3v) is 3.41. The molecule has 0 amide bonds. The van der Waals surface area contributed by atoms with Crippen LogP contribution in [-0.4, -0.2) is 10.1 Å². The molecule has 0 fully saturated rings. The van der Waals surface area contributed by atoms with Crippen molar-refractivity contribution >= 4 is 10.9 Å². The van der Waals surface area contributed by atoms with E-state index in [1.807, 2.05) is 61.5 Å². The Bertz CT molecular complexity index is 721. The number of benzene rings is 2. The summed E-state index contributed by atoms with van der Waals surface area (Å²) in [6, 6.07) is 17.8. The van der Waals surface area contributed by atoms with Gasteiger partial charge in [-0.15, -0.1) is 0 Å². The molecule has 1 N–H and O–H groups in total. The van der Waals surface area contributed by atoms with E-state index >= 15 is 0 Å². The summed E-state index contributed by atoms with van der Waals surface area (Å²) in [6.07, 6.45) is 1.12. The summed E-state index contributed by atoms with van der Waals surface area (Å²) in [6.45, 7) is 2.01. The number of rotatable bonds is 2. The third kappa shape index (κ3) is 2.23. The van der Waals surface area contributed by atoms with E-state index < -0.39 is 6.10 Å². The Kier molecular flexibility index (Phi) is 3.02. The Balaban J connectivity index is 2.07. The van der Waals surface area contributed by atoms with Gasteiger partial charge in [0.25, 0.3) is 0 Å². The van der Waals surface area contributed by atoms with Gasteiger partial charge in [-0.2, -0.15) is 0 Å². The van der Waals surface area contributed by atoms with Crippen LogP contribution in [0.25, 0.3) is 10.9 Å². The van der Waals surface area contributed by atoms with Crippen molar-refractivity contribution in [3.8, 4) is 0 Å². The second kappa shape index (κ2) is 4.82. The van der Waals surface area contributed by atoms with Crippen molar-refractivity contribution in [3.63, 3.8) is 0 Å². The number of fused-ring (bicyclic) bond motifs is 1. The number of pyridine rings is 1. The lowest BCUT2D eigenvalue weighted by Crippen LogP contribution is -2.02. The van der Waals surface area contributed by atoms with Crippen LogP contribution in [0.15, 0.2) is 60.8 Å². The van der Waals surface area contributed by atoms with Gasteiger partial charge in [0.15, 0.2) is 0 Å². The van der Waals surface area contributed by atoms with Crippen LogP contribution < -0.4 is 0 Å². The van der Waals surface area contributed by atoms with Gasteiger partial charge < -0.3 is 5.11 Å². The molecule has 0 radical (unpaired) electrons. The van der Waals surface area contributed by atoms with E-state index in [9.17, 15) is 5.11 Å². The van der Waals surface area contributed by atoms with Gasteiger partial charge in [-0.1, -0.05) is 42.5 Å². The summed E-state index contributed by atoms with van der Waals surface area (Å²) >= 11 is 0. The van der Waals surface area contributed by atoms with Crippen LogP contribution in [0.3, 0.4) is 0 Å². The Labute approximate surface area is 112 Å². The summed E-state index contributed by atoms with van der Waals surface area (Å²) in [5, 5.41) is 11.5. The lowest BCUT2D eigenvalue weighted by molar-refractivity contribution is 0.219. The maximum absolute atomic E-state index is 10.5. The predicted molar refractivity (Wildman–Crippen MR) is 77.0 cm³/mol. The minimum Gasteiger partial charge on any atom is -0.384 e. The molecule has 19 heavy (non-hydrogen) atoms. The zero-order chi connectivity index (χ0) is 13.2. The summed E-state index contributed by atoms with van der Waals surface area (Å²) < 4.78 is 0. The third-order valence-electron chi connectivity index (χ3n) is 3.41. The first-order chi connectivity index (χ1) is 9.25. The van der Waals surface area contributed by atoms with Crippen molar-refractivity contribution in [1.29, 1.82) is 0 Å². The number of hydrogen-bond donors (Lipinski definition) is 1. The maximum Gasteiger partial charge on any atom is 0.106 e. The molecule has 2 aromatic carbocycles. The van der Waals surface area contributed by atoms with Gasteiger partial charge in [0.1, 0.15) is 6.10 Å². The predicted octanol–water partition coefficient (Wildman–Crippen LogP) is 3.62. The molecule has 94 valence electrons. The number of para-hydroxylation sites is 1. The molecule has 2 nitrogen and oxygen atoms in total. The van der Waals surface area contributed by atoms with E-state index in [0.717, 1.165) is 27.6 Å². The number of aliphatic hydroxyl groups is 1. The fourth-order valence-electron chi connectivity index (χ4n) is 2.31. The largest absolute Gasteiger partial charge is 0.384 e. The molecule has 0 aliphatic heterocycles. The number of hydrogen-bond acceptors (Lipinski definition) is 2. The lowest BCUT2D eigenvalue weighted by atomic mass is 9.98. The number of aliphatic hydroxyl groups excluding tert-OH is 1. The van der Waals surface area contributed by atoms with Gasteiger partial charge >= 0.3 is 0 Å². The van der Waals surface area contributed by atoms with Crippen LogP contribution >= 0.6 is 0 Å². The summed E-state index contributed by atoms with van der Waals surface area (Å²) in [5.41, 5.74) is 3.79. The van der Waals surface area contributed by atoms with E-state index in [-0.39, 0.29) is 0 Å². The molecule has 1 unspecified atom stereocenters. The number of aromatic nitrogens is 1. The first-order valence-electron chi connectivity index (χ1n) is 6.34. The highest BCUT2D eigenvalue weighted by Gasteiger charge is 2.13. The second-order valence-electron chi connectivity index (χ2n) is 4.72. The van der Waals surface area contributed by atoms with Gasteiger partial charge in [0, 0.05) is 17.1 Å². The average molecular weight is 249 g/mol. The molecule has 0 spiro atoms. The van der Waals surface area contributed by atoms with Crippen molar-refractivity contribution in [2.45, 2.75) is 13.0 Å². The van der Waals surface area contributed by atoms with Crippen molar-refractivity contribution < 1.29 is 5.11 Å². The standard InChI is InChI=1S/C17H15NO/c1-12-6-2-4-8-15(12)17(19)14-10-13-7-3-5-9-16(13)18-11-14/h2-11,17,19H,1H3. The van der Waals surface area contributed by atoms with E-state index in [2.05, 4.69) is 4.98 Å². The number of aryl methyl sites for hydroxylation is 1. The van der Waals surface area contributed by atoms with Crippen LogP contribution in [-0.2, 0) is 0 Å². The SMILES string of the molecule is Cc1ccccc1C(O)c1cnc2ccccc2c1. The topological polar surface area (TPSA) is 33.1 Å². The van der Waals surface area contributed by atoms with Crippen molar-refractivity contribution in [1.82, 2.24) is 4.98 Å². The van der Waals surface area contributed by atoms with Crippen LogP contribution in [0.5, 0.6) is 0 Å². The van der Waals surface area contributed by atoms with Gasteiger partial charge in [0.05, 0.1) is 5.52 Å². The smallest absolute Gasteiger partial charge is 0.106 e. The van der Waals surface area contributed by atoms with E-state index in [1.54, 1.807) is 6.20 Å². The minimum absolute atomic E-state index is 0.627. The molecule has 2 heteroatoms. The molecular weight excluding hydrogens is 234 g/mol. The molecule has 0 aliphatic carbocycles. The quantitative estimate of drug-likeness (QED) is 0.752. The fraction of sp³-hybridized carbons (Fsp3) is 0.118. The molecule has 1 atom stereocenters. The highest BCUT2D eigenvalue weighted by atomic mass is 16.3. The molecule has 1 heterocycles. The minimum atomic E-state index is -0.627. The second-order valence-corrected chi connectivity index (χ2v) is 4.72. The van der Waals surface area contributed by atoms with Crippen LogP contribution in [0, 0.1) is 6.92 Å². The molecule has 1 aromatic heterocycles. The zero-order valence-corrected chi connectivity index (χ0v) is 10.7. The van der Waals surface area contributed by atoms with Crippen LogP contribution in [0.4, 0.5) is 0 Å². The van der Waals surface area contributed by atoms with Gasteiger partial charge in [0.2, 0.25) is 0 Å². The fourth-order valence-corrected chi connectivity index (χ4v) is 2.31. The van der Waals surface area contributed by atoms with Crippen LogP contribution in [0.2, 0.25) is 0 Å². The normalized spacial score (nSPS) is 12.5. The number of nitrogens with zero attached hydrogens (tertiary/aromatic N) is 1. The molecule has 3 rings (SSSR count). The Morgan fingerprint density at radius 2 is 1.74 bits per heavy atom. The Morgan fingerprint density at radius 1 is 1.00 bits per heavy atom. The molecule has 3 aromatic rings. The Hall–Kier alpha value is -2.19. The maximum atomic E-state index is 10.5. The Morgan fingerprint density at radius 3 is 2.58 bits per heavy atom. The summed E-state index contributed by atoms with van der Waals surface area (Å²) in [5.74, 6) is 0. The van der Waals surface area contributed by atoms with Gasteiger partial charge in [-0.3, -0.25) is 4.98 Å². The first kappa shape index (κ1) is 11.9. The summed E-state index contributed by atoms with van der Waals surface area (Å²) in [7, 11) is 0. The lowest BCUT2D eigenvalue weighted by Gasteiger charge is -2.14. The first-order valence-corrected chi connectivity index (χ1v) is 6.34. The van der Waals surface area contributed by atoms with Gasteiger partial charge in [-0.25, -0.2) is 0 Å². The van der Waals surface area contributed by atoms with Crippen LogP contribution in [0.1, 0.15) is 22.8 Å². The molecule has 0 aliphatic rings. The molecule has 0 bridgehead atoms. The average Bonchev–Trinajstić information content (AvgIpc) is 2.46. The molecular formula is C17H15NO. The van der Waals surface area contributed by atoms with Crippen molar-refractivity contribution in [2.75, 3.05) is 0 Å². The van der Waals surface area contributed by atoms with Crippen molar-refractivity contribution in [2.24, 2.45) is 0 Å². The highest BCUT2D eigenvalue weighted by molar-refractivity contribution is 5.78. The molecule has 0 saturated heterocycles. The monoisotopic (exact) mass is 249 g/mol. The molecule has 0 saturated carbocycles. The van der Waals surface area contributed by atoms with Gasteiger partial charge in [-0.05, 0) is 30.2 Å². The zero-order valence-electron chi connectivity index (χ0n) is 10.7. The highest BCUT2D eigenvalue weighted by Crippen LogP contribution is 2.26. The van der Waals surface area contributed by atoms with E-state index in [0.29, 0.717) is 0 Å². The van der Waals surface area contributed by atoms with Crippen molar-refractivity contribution in [3.05, 3.63) is 77.5 Å².